The van der Waals surface area contributed by atoms with E-state index < -0.39 is 0 Å². The molecule has 0 amide bonds. The van der Waals surface area contributed by atoms with E-state index in [4.69, 9.17) is 5.84 Å². The monoisotopic (exact) mass is 242 g/mol. The number of nitrogens with one attached hydrogen (secondary N) is 1. The first-order valence-electron chi connectivity index (χ1n) is 3.39. The molecule has 0 aromatic heterocycles. The minimum absolute atomic E-state index is 0. The standard InChI is InChI=1S/C6H14N2.HI/c1-6-2-4-8(7)5-3-6;/h6H,2-5,7H2,1H3;1H. The highest BCUT2D eigenvalue weighted by Gasteiger charge is 2.14. The fourth-order valence-electron chi connectivity index (χ4n) is 1.13. The summed E-state index contributed by atoms with van der Waals surface area (Å²) in [7, 11) is 0. The van der Waals surface area contributed by atoms with Crippen LogP contribution in [-0.4, -0.2) is 13.1 Å². The van der Waals surface area contributed by atoms with E-state index in [2.05, 4.69) is 6.92 Å². The van der Waals surface area contributed by atoms with E-state index in [0.29, 0.717) is 0 Å². The number of piperidine rings is 1. The molecule has 3 N–H and O–H groups in total. The Kier molecular flexibility index (Phi) is 4.79. The van der Waals surface area contributed by atoms with Crippen LogP contribution in [0.5, 0.6) is 0 Å². The Balaban J connectivity index is 0.000000640. The lowest BCUT2D eigenvalue weighted by Crippen LogP contribution is -3.18. The highest BCUT2D eigenvalue weighted by Crippen LogP contribution is 2.05. The Bertz CT molecular complexity index is 59.5. The Morgan fingerprint density at radius 1 is 1.33 bits per heavy atom. The van der Waals surface area contributed by atoms with Crippen molar-refractivity contribution >= 4 is 0 Å². The maximum absolute atomic E-state index is 5.61. The molecule has 0 radical (unpaired) electrons. The topological polar surface area (TPSA) is 30.5 Å². The van der Waals surface area contributed by atoms with Gasteiger partial charge in [-0.15, -0.1) is 0 Å². The second-order valence-electron chi connectivity index (χ2n) is 2.84. The van der Waals surface area contributed by atoms with E-state index >= 15 is 0 Å². The predicted octanol–water partition coefficient (Wildman–Crippen LogP) is -3.82. The van der Waals surface area contributed by atoms with Crippen LogP contribution < -0.4 is 34.8 Å². The SMILES string of the molecule is CC1CC[NH+](N)CC1.[I-]. The smallest absolute Gasteiger partial charge is 0.0946 e. The van der Waals surface area contributed by atoms with Gasteiger partial charge >= 0.3 is 0 Å². The van der Waals surface area contributed by atoms with E-state index in [1.807, 2.05) is 0 Å². The molecule has 56 valence electrons. The van der Waals surface area contributed by atoms with Crippen molar-refractivity contribution in [3.63, 3.8) is 0 Å². The number of hydrogen-bond acceptors (Lipinski definition) is 1. The minimum Gasteiger partial charge on any atom is -1.00 e. The van der Waals surface area contributed by atoms with Gasteiger partial charge in [-0.25, -0.2) is 0 Å². The molecule has 0 aromatic rings. The summed E-state index contributed by atoms with van der Waals surface area (Å²) in [6, 6.07) is 0. The van der Waals surface area contributed by atoms with E-state index in [1.165, 1.54) is 30.9 Å². The molecule has 3 heteroatoms. The Hall–Kier alpha value is 0.650. The summed E-state index contributed by atoms with van der Waals surface area (Å²) < 4.78 is 0. The van der Waals surface area contributed by atoms with Crippen molar-refractivity contribution in [1.82, 2.24) is 0 Å². The number of hydrogen-bond donors (Lipinski definition) is 2. The molecule has 2 nitrogen and oxygen atoms in total. The van der Waals surface area contributed by atoms with E-state index in [9.17, 15) is 0 Å². The molecular weight excluding hydrogens is 227 g/mol. The van der Waals surface area contributed by atoms with Crippen LogP contribution in [0, 0.1) is 5.92 Å². The van der Waals surface area contributed by atoms with Gasteiger partial charge in [-0.05, 0) is 5.92 Å². The van der Waals surface area contributed by atoms with Crippen molar-refractivity contribution < 1.29 is 29.0 Å². The maximum atomic E-state index is 5.61. The average Bonchev–Trinajstić information content (AvgIpc) is 1.77. The summed E-state index contributed by atoms with van der Waals surface area (Å²) in [5.41, 5.74) is 0. The number of quaternary nitrogens is 1. The lowest BCUT2D eigenvalue weighted by atomic mass is 10.0. The first kappa shape index (κ1) is 9.65. The molecule has 0 aliphatic carbocycles. The normalized spacial score (nSPS) is 35.3. The second kappa shape index (κ2) is 4.46. The van der Waals surface area contributed by atoms with Crippen LogP contribution >= 0.6 is 0 Å². The zero-order chi connectivity index (χ0) is 5.98. The fourth-order valence-corrected chi connectivity index (χ4v) is 1.13. The molecule has 0 spiro atoms. The van der Waals surface area contributed by atoms with E-state index in [0.717, 1.165) is 5.92 Å². The molecule has 0 saturated carbocycles. The van der Waals surface area contributed by atoms with E-state index in [1.54, 1.807) is 0 Å². The van der Waals surface area contributed by atoms with Gasteiger partial charge in [0, 0.05) is 12.8 Å². The van der Waals surface area contributed by atoms with Gasteiger partial charge in [-0.3, -0.25) is 5.01 Å². The quantitative estimate of drug-likeness (QED) is 0.331. The van der Waals surface area contributed by atoms with Gasteiger partial charge in [0.2, 0.25) is 0 Å². The second-order valence-corrected chi connectivity index (χ2v) is 2.84. The third-order valence-corrected chi connectivity index (χ3v) is 1.92. The lowest BCUT2D eigenvalue weighted by molar-refractivity contribution is -0.918. The third kappa shape index (κ3) is 3.37. The Morgan fingerprint density at radius 2 is 1.78 bits per heavy atom. The van der Waals surface area contributed by atoms with Gasteiger partial charge in [-0.1, -0.05) is 6.92 Å². The first-order chi connectivity index (χ1) is 3.79. The molecule has 1 fully saturated rings. The average molecular weight is 242 g/mol. The molecule has 0 unspecified atom stereocenters. The van der Waals surface area contributed by atoms with Crippen LogP contribution in [0.2, 0.25) is 0 Å². The van der Waals surface area contributed by atoms with Crippen molar-refractivity contribution in [2.75, 3.05) is 13.1 Å². The molecule has 9 heavy (non-hydrogen) atoms. The van der Waals surface area contributed by atoms with Gasteiger partial charge < -0.3 is 24.0 Å². The zero-order valence-corrected chi connectivity index (χ0v) is 8.02. The van der Waals surface area contributed by atoms with Crippen LogP contribution in [0.25, 0.3) is 0 Å². The van der Waals surface area contributed by atoms with Gasteiger partial charge in [-0.2, -0.15) is 5.84 Å². The van der Waals surface area contributed by atoms with E-state index in [-0.39, 0.29) is 24.0 Å². The molecule has 1 aliphatic rings. The van der Waals surface area contributed by atoms with Crippen LogP contribution in [0.1, 0.15) is 19.8 Å². The van der Waals surface area contributed by atoms with Crippen LogP contribution in [0.15, 0.2) is 0 Å². The Labute approximate surface area is 73.8 Å². The van der Waals surface area contributed by atoms with Crippen molar-refractivity contribution in [1.29, 1.82) is 0 Å². The van der Waals surface area contributed by atoms with Crippen molar-refractivity contribution in [2.24, 2.45) is 11.8 Å². The minimum atomic E-state index is 0. The summed E-state index contributed by atoms with van der Waals surface area (Å²) in [5, 5.41) is 1.21. The van der Waals surface area contributed by atoms with Crippen LogP contribution in [-0.2, 0) is 0 Å². The predicted molar refractivity (Wildman–Crippen MR) is 33.3 cm³/mol. The molecule has 1 saturated heterocycles. The molecular formula is C6H15IN2. The molecule has 1 aliphatic heterocycles. The summed E-state index contributed by atoms with van der Waals surface area (Å²) >= 11 is 0. The summed E-state index contributed by atoms with van der Waals surface area (Å²) in [4.78, 5) is 0. The van der Waals surface area contributed by atoms with Gasteiger partial charge in [0.1, 0.15) is 0 Å². The van der Waals surface area contributed by atoms with Gasteiger partial charge in [0.25, 0.3) is 0 Å². The molecule has 0 aromatic carbocycles. The highest BCUT2D eigenvalue weighted by atomic mass is 127. The summed E-state index contributed by atoms with van der Waals surface area (Å²) in [5.74, 6) is 6.53. The van der Waals surface area contributed by atoms with Crippen molar-refractivity contribution in [3.8, 4) is 0 Å². The van der Waals surface area contributed by atoms with Crippen molar-refractivity contribution in [3.05, 3.63) is 0 Å². The number of rotatable bonds is 0. The summed E-state index contributed by atoms with van der Waals surface area (Å²) in [6.07, 6.45) is 2.62. The first-order valence-corrected chi connectivity index (χ1v) is 3.39. The zero-order valence-electron chi connectivity index (χ0n) is 5.86. The molecule has 1 rings (SSSR count). The van der Waals surface area contributed by atoms with Crippen LogP contribution in [0.3, 0.4) is 0 Å². The van der Waals surface area contributed by atoms with Crippen LogP contribution in [0.4, 0.5) is 0 Å². The number of nitrogens with two attached hydrogens (primary N) is 1. The highest BCUT2D eigenvalue weighted by molar-refractivity contribution is 4.53. The lowest BCUT2D eigenvalue weighted by Gasteiger charge is -2.22. The third-order valence-electron chi connectivity index (χ3n) is 1.92. The molecule has 0 atom stereocenters. The van der Waals surface area contributed by atoms with Crippen molar-refractivity contribution in [2.45, 2.75) is 19.8 Å². The molecule has 0 bridgehead atoms. The Morgan fingerprint density at radius 3 is 2.11 bits per heavy atom. The molecule has 1 heterocycles. The summed E-state index contributed by atoms with van der Waals surface area (Å²) in [6.45, 7) is 4.63. The maximum Gasteiger partial charge on any atom is 0.0946 e. The largest absolute Gasteiger partial charge is 1.00 e. The van der Waals surface area contributed by atoms with Gasteiger partial charge in [0.15, 0.2) is 0 Å². The number of halogens is 1. The fraction of sp³-hybridized carbons (Fsp3) is 1.00. The van der Waals surface area contributed by atoms with Gasteiger partial charge in [0.05, 0.1) is 13.1 Å².